The molecule has 5 rings (SSSR count). The fourth-order valence-corrected chi connectivity index (χ4v) is 3.40. The molecule has 0 saturated carbocycles. The van der Waals surface area contributed by atoms with Crippen LogP contribution in [0.4, 0.5) is 0 Å². The van der Waals surface area contributed by atoms with Gasteiger partial charge in [-0.1, -0.05) is 0 Å². The minimum atomic E-state index is -0.812. The zero-order chi connectivity index (χ0) is 15.9. The number of carbonyl (C=O) groups is 3. The summed E-state index contributed by atoms with van der Waals surface area (Å²) < 4.78 is 0. The number of carbonyl (C=O) groups excluding carboxylic acids is 3. The van der Waals surface area contributed by atoms with Gasteiger partial charge >= 0.3 is 0 Å². The topological polar surface area (TPSA) is 128 Å². The zero-order valence-corrected chi connectivity index (χ0v) is 11.5. The highest BCUT2D eigenvalue weighted by Gasteiger charge is 2.36. The fraction of sp³-hybridized carbons (Fsp3) is 0.0667. The van der Waals surface area contributed by atoms with Gasteiger partial charge in [-0.05, 0) is 0 Å². The number of Topliss-reactive ketones (excluding diaryl/α,β-unsaturated/α-hetero) is 1. The second-order valence-corrected chi connectivity index (χ2v) is 5.51. The molecule has 23 heavy (non-hydrogen) atoms. The van der Waals surface area contributed by atoms with Gasteiger partial charge in [-0.2, -0.15) is 0 Å². The van der Waals surface area contributed by atoms with Gasteiger partial charge in [-0.25, -0.2) is 4.98 Å². The van der Waals surface area contributed by atoms with Crippen molar-refractivity contribution in [3.05, 3.63) is 34.8 Å². The lowest BCUT2D eigenvalue weighted by Gasteiger charge is -2.08. The smallest absolute Gasteiger partial charge is 0.252 e. The van der Waals surface area contributed by atoms with Gasteiger partial charge in [0.2, 0.25) is 11.6 Å². The first-order chi connectivity index (χ1) is 11.1. The SMILES string of the molecule is O=C1C=C(O)c2[nH]c3c(c2C1=O)c1c(c2nc[nH]c23)CNC1=O. The lowest BCUT2D eigenvalue weighted by Crippen LogP contribution is -2.19. The molecule has 0 atom stereocenters. The third kappa shape index (κ3) is 1.26. The Labute approximate surface area is 127 Å². The molecule has 0 unspecified atom stereocenters. The van der Waals surface area contributed by atoms with Gasteiger partial charge in [0.05, 0.1) is 39.7 Å². The Morgan fingerprint density at radius 3 is 2.78 bits per heavy atom. The van der Waals surface area contributed by atoms with Crippen LogP contribution >= 0.6 is 0 Å². The van der Waals surface area contributed by atoms with E-state index in [9.17, 15) is 19.5 Å². The van der Waals surface area contributed by atoms with E-state index in [-0.39, 0.29) is 22.9 Å². The van der Waals surface area contributed by atoms with Crippen molar-refractivity contribution in [2.45, 2.75) is 6.54 Å². The van der Waals surface area contributed by atoms with E-state index in [2.05, 4.69) is 20.3 Å². The summed E-state index contributed by atoms with van der Waals surface area (Å²) in [5.41, 5.74) is 2.90. The number of nitrogens with zero attached hydrogens (tertiary/aromatic N) is 1. The number of H-pyrrole nitrogens is 2. The lowest BCUT2D eigenvalue weighted by atomic mass is 9.93. The second kappa shape index (κ2) is 3.67. The van der Waals surface area contributed by atoms with Crippen LogP contribution in [0.25, 0.3) is 27.7 Å². The van der Waals surface area contributed by atoms with E-state index in [4.69, 9.17) is 0 Å². The summed E-state index contributed by atoms with van der Waals surface area (Å²) in [7, 11) is 0. The predicted octanol–water partition coefficient (Wildman–Crippen LogP) is 0.952. The largest absolute Gasteiger partial charge is 0.506 e. The first-order valence-electron chi connectivity index (χ1n) is 6.89. The Hall–Kier alpha value is -3.42. The minimum Gasteiger partial charge on any atom is -0.506 e. The molecule has 8 nitrogen and oxygen atoms in total. The Kier molecular flexibility index (Phi) is 1.94. The minimum absolute atomic E-state index is 0.0369. The monoisotopic (exact) mass is 308 g/mol. The van der Waals surface area contributed by atoms with Crippen LogP contribution in [-0.2, 0) is 11.3 Å². The molecule has 2 aliphatic rings. The van der Waals surface area contributed by atoms with Crippen molar-refractivity contribution in [1.82, 2.24) is 20.3 Å². The highest BCUT2D eigenvalue weighted by molar-refractivity contribution is 6.53. The van der Waals surface area contributed by atoms with Crippen molar-refractivity contribution in [1.29, 1.82) is 0 Å². The first kappa shape index (κ1) is 12.2. The van der Waals surface area contributed by atoms with Crippen LogP contribution in [0, 0.1) is 0 Å². The normalized spacial score (nSPS) is 16.7. The van der Waals surface area contributed by atoms with Crippen molar-refractivity contribution < 1.29 is 19.5 Å². The quantitative estimate of drug-likeness (QED) is 0.460. The van der Waals surface area contributed by atoms with Crippen molar-refractivity contribution in [2.24, 2.45) is 0 Å². The summed E-state index contributed by atoms with van der Waals surface area (Å²) >= 11 is 0. The molecule has 8 heteroatoms. The van der Waals surface area contributed by atoms with Gasteiger partial charge in [-0.3, -0.25) is 14.4 Å². The van der Waals surface area contributed by atoms with Crippen LogP contribution in [0.2, 0.25) is 0 Å². The summed E-state index contributed by atoms with van der Waals surface area (Å²) in [6, 6.07) is 0. The standard InChI is InChI=1S/C15H8N4O4/c20-5-1-6(21)14(22)9-8-7-4(2-16-15(7)23)10-13(18-3-17-10)12(8)19-11(5)9/h1,3,19-20H,2H2,(H,16,23)(H,17,18). The summed E-state index contributed by atoms with van der Waals surface area (Å²) in [6.45, 7) is 0.301. The highest BCUT2D eigenvalue weighted by atomic mass is 16.3. The van der Waals surface area contributed by atoms with Crippen LogP contribution in [0.5, 0.6) is 0 Å². The summed E-state index contributed by atoms with van der Waals surface area (Å²) in [6.07, 6.45) is 2.38. The Balaban J connectivity index is 2.09. The summed E-state index contributed by atoms with van der Waals surface area (Å²) in [4.78, 5) is 46.6. The molecule has 4 N–H and O–H groups in total. The molecule has 1 aliphatic carbocycles. The van der Waals surface area contributed by atoms with E-state index in [0.29, 0.717) is 39.6 Å². The van der Waals surface area contributed by atoms with Gasteiger partial charge in [0.25, 0.3) is 5.91 Å². The van der Waals surface area contributed by atoms with E-state index < -0.39 is 11.6 Å². The average Bonchev–Trinajstić information content (AvgIpc) is 3.20. The van der Waals surface area contributed by atoms with Crippen LogP contribution < -0.4 is 5.32 Å². The zero-order valence-electron chi connectivity index (χ0n) is 11.5. The Morgan fingerprint density at radius 1 is 1.13 bits per heavy atom. The molecule has 0 saturated heterocycles. The number of fused-ring (bicyclic) bond motifs is 8. The maximum absolute atomic E-state index is 12.3. The Bertz CT molecular complexity index is 1130. The molecule has 1 aliphatic heterocycles. The second-order valence-electron chi connectivity index (χ2n) is 5.51. The van der Waals surface area contributed by atoms with Crippen LogP contribution in [0.15, 0.2) is 12.4 Å². The number of amides is 1. The number of hydrogen-bond acceptors (Lipinski definition) is 5. The van der Waals surface area contributed by atoms with Crippen molar-refractivity contribution >= 4 is 45.2 Å². The molecular formula is C15H8N4O4. The Morgan fingerprint density at radius 2 is 1.96 bits per heavy atom. The summed E-state index contributed by atoms with van der Waals surface area (Å²) in [5.74, 6) is -2.20. The molecule has 112 valence electrons. The highest BCUT2D eigenvalue weighted by Crippen LogP contribution is 2.39. The average molecular weight is 308 g/mol. The number of aromatic nitrogens is 3. The molecule has 1 aromatic carbocycles. The van der Waals surface area contributed by atoms with E-state index in [1.165, 1.54) is 6.33 Å². The van der Waals surface area contributed by atoms with Crippen molar-refractivity contribution in [3.8, 4) is 0 Å². The lowest BCUT2D eigenvalue weighted by molar-refractivity contribution is -0.111. The third-order valence-corrected chi connectivity index (χ3v) is 4.35. The predicted molar refractivity (Wildman–Crippen MR) is 79.1 cm³/mol. The third-order valence-electron chi connectivity index (χ3n) is 4.35. The van der Waals surface area contributed by atoms with Gasteiger partial charge in [0, 0.05) is 23.6 Å². The molecule has 0 bridgehead atoms. The number of benzene rings is 1. The number of allylic oxidation sites excluding steroid dienone is 1. The number of aromatic amines is 2. The van der Waals surface area contributed by atoms with Crippen molar-refractivity contribution in [3.63, 3.8) is 0 Å². The number of ketones is 2. The van der Waals surface area contributed by atoms with Crippen LogP contribution in [0.3, 0.4) is 0 Å². The van der Waals surface area contributed by atoms with Gasteiger partial charge in [0.15, 0.2) is 0 Å². The van der Waals surface area contributed by atoms with Gasteiger partial charge in [0.1, 0.15) is 5.76 Å². The van der Waals surface area contributed by atoms with Crippen LogP contribution in [0.1, 0.15) is 32.0 Å². The number of rotatable bonds is 0. The molecule has 0 radical (unpaired) electrons. The molecular weight excluding hydrogens is 300 g/mol. The van der Waals surface area contributed by atoms with E-state index >= 15 is 0 Å². The van der Waals surface area contributed by atoms with E-state index in [1.54, 1.807) is 0 Å². The molecule has 1 amide bonds. The number of imidazole rings is 1. The number of aliphatic hydroxyl groups is 1. The van der Waals surface area contributed by atoms with E-state index in [0.717, 1.165) is 6.08 Å². The van der Waals surface area contributed by atoms with Gasteiger partial charge < -0.3 is 20.4 Å². The first-order valence-corrected chi connectivity index (χ1v) is 6.89. The number of aliphatic hydroxyl groups excluding tert-OH is 1. The molecule has 3 heterocycles. The molecule has 3 aromatic rings. The molecule has 2 aromatic heterocycles. The number of hydrogen-bond donors (Lipinski definition) is 4. The maximum atomic E-state index is 12.3. The maximum Gasteiger partial charge on any atom is 0.252 e. The van der Waals surface area contributed by atoms with Gasteiger partial charge in [-0.15, -0.1) is 0 Å². The van der Waals surface area contributed by atoms with E-state index in [1.807, 2.05) is 0 Å². The van der Waals surface area contributed by atoms with Crippen molar-refractivity contribution in [2.75, 3.05) is 0 Å². The molecule has 0 spiro atoms. The fourth-order valence-electron chi connectivity index (χ4n) is 3.40. The number of nitrogens with one attached hydrogen (secondary N) is 3. The molecule has 0 fully saturated rings. The van der Waals surface area contributed by atoms with Crippen LogP contribution in [-0.4, -0.2) is 37.5 Å². The summed E-state index contributed by atoms with van der Waals surface area (Å²) in [5, 5.41) is 13.1.